The van der Waals surface area contributed by atoms with Gasteiger partial charge in [0.05, 0.1) is 17.4 Å². The Morgan fingerprint density at radius 2 is 1.69 bits per heavy atom. The number of benzene rings is 3. The van der Waals surface area contributed by atoms with Crippen LogP contribution in [0.5, 0.6) is 0 Å². The molecule has 6 heteroatoms. The average Bonchev–Trinajstić information content (AvgIpc) is 2.67. The minimum atomic E-state index is -0.604. The van der Waals surface area contributed by atoms with Crippen molar-refractivity contribution in [1.29, 1.82) is 0 Å². The molecule has 3 aromatic rings. The van der Waals surface area contributed by atoms with Gasteiger partial charge >= 0.3 is 5.97 Å². The summed E-state index contributed by atoms with van der Waals surface area (Å²) in [5.74, 6) is -0.392. The smallest absolute Gasteiger partial charge is 0.328 e. The van der Waals surface area contributed by atoms with Gasteiger partial charge in [-0.2, -0.15) is 0 Å². The van der Waals surface area contributed by atoms with Crippen molar-refractivity contribution < 1.29 is 14.5 Å². The molecule has 1 unspecified atom stereocenters. The molecule has 0 aliphatic rings. The van der Waals surface area contributed by atoms with Crippen molar-refractivity contribution in [2.24, 2.45) is 0 Å². The minimum absolute atomic E-state index is 0.0313. The molecule has 26 heavy (non-hydrogen) atoms. The van der Waals surface area contributed by atoms with Crippen molar-refractivity contribution in [3.8, 4) is 0 Å². The second kappa shape index (κ2) is 7.65. The predicted molar refractivity (Wildman–Crippen MR) is 100 cm³/mol. The molecule has 0 spiro atoms. The topological polar surface area (TPSA) is 81.5 Å². The van der Waals surface area contributed by atoms with Crippen LogP contribution >= 0.6 is 0 Å². The predicted octanol–water partition coefficient (Wildman–Crippen LogP) is 3.94. The van der Waals surface area contributed by atoms with Gasteiger partial charge in [0.25, 0.3) is 5.69 Å². The van der Waals surface area contributed by atoms with E-state index in [0.29, 0.717) is 22.9 Å². The van der Waals surface area contributed by atoms with E-state index < -0.39 is 16.9 Å². The largest absolute Gasteiger partial charge is 0.467 e. The summed E-state index contributed by atoms with van der Waals surface area (Å²) in [6, 6.07) is 19.1. The van der Waals surface area contributed by atoms with Crippen LogP contribution in [0.2, 0.25) is 0 Å². The molecule has 0 saturated carbocycles. The van der Waals surface area contributed by atoms with E-state index in [9.17, 15) is 14.9 Å². The lowest BCUT2D eigenvalue weighted by molar-refractivity contribution is -0.383. The summed E-state index contributed by atoms with van der Waals surface area (Å²) < 4.78 is 4.92. The molecule has 0 aromatic heterocycles. The van der Waals surface area contributed by atoms with E-state index in [-0.39, 0.29) is 5.69 Å². The van der Waals surface area contributed by atoms with Crippen LogP contribution in [0.4, 0.5) is 11.4 Å². The van der Waals surface area contributed by atoms with E-state index in [0.717, 1.165) is 5.56 Å². The number of non-ortho nitro benzene ring substituents is 1. The number of esters is 1. The maximum Gasteiger partial charge on any atom is 0.328 e. The number of hydrogen-bond donors (Lipinski definition) is 1. The number of carbonyl (C=O) groups excluding carboxylic acids is 1. The van der Waals surface area contributed by atoms with Gasteiger partial charge in [0.15, 0.2) is 0 Å². The molecule has 132 valence electrons. The van der Waals surface area contributed by atoms with Gasteiger partial charge in [0.1, 0.15) is 6.04 Å². The zero-order valence-electron chi connectivity index (χ0n) is 14.2. The second-order valence-corrected chi connectivity index (χ2v) is 5.84. The first kappa shape index (κ1) is 17.4. The van der Waals surface area contributed by atoms with E-state index in [2.05, 4.69) is 5.32 Å². The number of rotatable bonds is 6. The quantitative estimate of drug-likeness (QED) is 0.414. The summed E-state index contributed by atoms with van der Waals surface area (Å²) in [5, 5.41) is 15.6. The van der Waals surface area contributed by atoms with Crippen LogP contribution in [0, 0.1) is 10.1 Å². The van der Waals surface area contributed by atoms with Crippen molar-refractivity contribution >= 4 is 28.1 Å². The minimum Gasteiger partial charge on any atom is -0.467 e. The van der Waals surface area contributed by atoms with Crippen LogP contribution < -0.4 is 5.32 Å². The Bertz CT molecular complexity index is 941. The van der Waals surface area contributed by atoms with Crippen LogP contribution in [0.1, 0.15) is 5.56 Å². The fraction of sp³-hybridized carbons (Fsp3) is 0.150. The van der Waals surface area contributed by atoms with E-state index in [4.69, 9.17) is 4.74 Å². The van der Waals surface area contributed by atoms with Gasteiger partial charge in [-0.15, -0.1) is 0 Å². The molecule has 1 N–H and O–H groups in total. The number of nitrogens with zero attached hydrogens (tertiary/aromatic N) is 1. The van der Waals surface area contributed by atoms with Crippen molar-refractivity contribution in [1.82, 2.24) is 0 Å². The van der Waals surface area contributed by atoms with Gasteiger partial charge < -0.3 is 10.1 Å². The number of fused-ring (bicyclic) bond motifs is 1. The lowest BCUT2D eigenvalue weighted by Crippen LogP contribution is -2.32. The Kier molecular flexibility index (Phi) is 5.12. The summed E-state index contributed by atoms with van der Waals surface area (Å²) in [7, 11) is 1.34. The normalized spacial score (nSPS) is 11.7. The van der Waals surface area contributed by atoms with Gasteiger partial charge in [-0.3, -0.25) is 10.1 Å². The second-order valence-electron chi connectivity index (χ2n) is 5.84. The van der Waals surface area contributed by atoms with E-state index in [1.807, 2.05) is 36.4 Å². The molecule has 0 aliphatic heterocycles. The molecule has 0 aliphatic carbocycles. The molecule has 0 bridgehead atoms. The number of hydrogen-bond acceptors (Lipinski definition) is 5. The third-order valence-electron chi connectivity index (χ3n) is 4.20. The van der Waals surface area contributed by atoms with Gasteiger partial charge in [-0.25, -0.2) is 4.79 Å². The summed E-state index contributed by atoms with van der Waals surface area (Å²) in [6.45, 7) is 0. The Morgan fingerprint density at radius 3 is 2.35 bits per heavy atom. The molecule has 3 aromatic carbocycles. The molecule has 0 amide bonds. The molecule has 3 rings (SSSR count). The maximum absolute atomic E-state index is 12.2. The van der Waals surface area contributed by atoms with E-state index in [1.54, 1.807) is 24.3 Å². The van der Waals surface area contributed by atoms with Gasteiger partial charge in [0.2, 0.25) is 0 Å². The monoisotopic (exact) mass is 350 g/mol. The fourth-order valence-electron chi connectivity index (χ4n) is 2.94. The highest BCUT2D eigenvalue weighted by molar-refractivity contribution is 6.00. The first-order valence-corrected chi connectivity index (χ1v) is 8.14. The molecule has 0 fully saturated rings. The summed E-state index contributed by atoms with van der Waals surface area (Å²) in [5.41, 5.74) is 1.67. The number of carbonyl (C=O) groups is 1. The van der Waals surface area contributed by atoms with Gasteiger partial charge in [-0.05, 0) is 17.7 Å². The SMILES string of the molecule is COC(=O)C(Cc1ccccc1)Nc1ccc([N+](=O)[O-])c2ccccc12. The number of anilines is 1. The number of nitro benzene ring substituents is 1. The molecular weight excluding hydrogens is 332 g/mol. The lowest BCUT2D eigenvalue weighted by Gasteiger charge is -2.19. The first-order valence-electron chi connectivity index (χ1n) is 8.14. The first-order chi connectivity index (χ1) is 12.6. The number of nitrogens with one attached hydrogen (secondary N) is 1. The highest BCUT2D eigenvalue weighted by atomic mass is 16.6. The van der Waals surface area contributed by atoms with Gasteiger partial charge in [-0.1, -0.05) is 48.5 Å². The van der Waals surface area contributed by atoms with E-state index in [1.165, 1.54) is 13.2 Å². The Labute approximate surface area is 150 Å². The zero-order chi connectivity index (χ0) is 18.5. The third-order valence-corrected chi connectivity index (χ3v) is 4.20. The standard InChI is InChI=1S/C20H18N2O4/c1-26-20(23)18(13-14-7-3-2-4-8-14)21-17-11-12-19(22(24)25)16-10-6-5-9-15(16)17/h2-12,18,21H,13H2,1H3. The van der Waals surface area contributed by atoms with Crippen LogP contribution in [0.15, 0.2) is 66.7 Å². The summed E-state index contributed by atoms with van der Waals surface area (Å²) >= 11 is 0. The molecular formula is C20H18N2O4. The molecule has 1 atom stereocenters. The average molecular weight is 350 g/mol. The molecule has 6 nitrogen and oxygen atoms in total. The van der Waals surface area contributed by atoms with Crippen molar-refractivity contribution in [2.75, 3.05) is 12.4 Å². The highest BCUT2D eigenvalue weighted by Crippen LogP contribution is 2.31. The molecule has 0 radical (unpaired) electrons. The van der Waals surface area contributed by atoms with Gasteiger partial charge in [0, 0.05) is 23.6 Å². The van der Waals surface area contributed by atoms with Crippen LogP contribution in [0.25, 0.3) is 10.8 Å². The fourth-order valence-corrected chi connectivity index (χ4v) is 2.94. The molecule has 0 heterocycles. The third kappa shape index (κ3) is 3.64. The van der Waals surface area contributed by atoms with Crippen molar-refractivity contribution in [3.05, 3.63) is 82.4 Å². The van der Waals surface area contributed by atoms with Crippen LogP contribution in [-0.2, 0) is 16.0 Å². The number of ether oxygens (including phenoxy) is 1. The zero-order valence-corrected chi connectivity index (χ0v) is 14.2. The number of nitro groups is 1. The van der Waals surface area contributed by atoms with Crippen LogP contribution in [-0.4, -0.2) is 24.0 Å². The van der Waals surface area contributed by atoms with Crippen LogP contribution in [0.3, 0.4) is 0 Å². The Hall–Kier alpha value is -3.41. The summed E-state index contributed by atoms with van der Waals surface area (Å²) in [6.07, 6.45) is 0.443. The Morgan fingerprint density at radius 1 is 1.04 bits per heavy atom. The Balaban J connectivity index is 1.98. The summed E-state index contributed by atoms with van der Waals surface area (Å²) in [4.78, 5) is 23.1. The van der Waals surface area contributed by atoms with E-state index >= 15 is 0 Å². The molecule has 0 saturated heterocycles. The highest BCUT2D eigenvalue weighted by Gasteiger charge is 2.22. The number of methoxy groups -OCH3 is 1. The lowest BCUT2D eigenvalue weighted by atomic mass is 10.0. The van der Waals surface area contributed by atoms with Crippen molar-refractivity contribution in [2.45, 2.75) is 12.5 Å². The maximum atomic E-state index is 12.2. The van der Waals surface area contributed by atoms with Crippen molar-refractivity contribution in [3.63, 3.8) is 0 Å².